The fourth-order valence-electron chi connectivity index (χ4n) is 2.42. The van der Waals surface area contributed by atoms with E-state index in [-0.39, 0.29) is 10.7 Å². The van der Waals surface area contributed by atoms with Gasteiger partial charge in [0.15, 0.2) is 10.7 Å². The van der Waals surface area contributed by atoms with Gasteiger partial charge in [-0.05, 0) is 44.0 Å². The lowest BCUT2D eigenvalue weighted by molar-refractivity contribution is 0.405. The SMILES string of the molecule is Cc1cc(C)cc(N(C)S(=O)(=O)c2c(C)noc2/C=C/N(C)C)c1. The fourth-order valence-corrected chi connectivity index (χ4v) is 3.85. The zero-order valence-electron chi connectivity index (χ0n) is 14.9. The number of benzene rings is 1. The summed E-state index contributed by atoms with van der Waals surface area (Å²) in [6.07, 6.45) is 3.32. The lowest BCUT2D eigenvalue weighted by Gasteiger charge is -2.20. The second kappa shape index (κ2) is 6.68. The molecule has 0 aliphatic rings. The smallest absolute Gasteiger partial charge is 0.269 e. The second-order valence-electron chi connectivity index (χ2n) is 6.06. The van der Waals surface area contributed by atoms with E-state index in [9.17, 15) is 8.42 Å². The van der Waals surface area contributed by atoms with E-state index < -0.39 is 10.0 Å². The Kier molecular flexibility index (Phi) is 5.03. The molecule has 1 heterocycles. The van der Waals surface area contributed by atoms with Crippen LogP contribution in [-0.4, -0.2) is 39.6 Å². The van der Waals surface area contributed by atoms with Crippen LogP contribution in [0.25, 0.3) is 6.08 Å². The summed E-state index contributed by atoms with van der Waals surface area (Å²) in [5.74, 6) is 0.220. The van der Waals surface area contributed by atoms with Crippen molar-refractivity contribution in [2.45, 2.75) is 25.7 Å². The number of hydrogen-bond acceptors (Lipinski definition) is 5. The molecule has 0 saturated heterocycles. The number of nitrogens with zero attached hydrogens (tertiary/aromatic N) is 3. The minimum absolute atomic E-state index is 0.0854. The summed E-state index contributed by atoms with van der Waals surface area (Å²) < 4.78 is 32.6. The Morgan fingerprint density at radius 1 is 1.04 bits per heavy atom. The van der Waals surface area contributed by atoms with Gasteiger partial charge in [0.05, 0.1) is 5.69 Å². The van der Waals surface area contributed by atoms with Gasteiger partial charge < -0.3 is 9.42 Å². The zero-order valence-corrected chi connectivity index (χ0v) is 15.7. The summed E-state index contributed by atoms with van der Waals surface area (Å²) in [5, 5.41) is 3.82. The van der Waals surface area contributed by atoms with Crippen molar-refractivity contribution in [3.63, 3.8) is 0 Å². The molecule has 0 unspecified atom stereocenters. The molecule has 0 atom stereocenters. The maximum atomic E-state index is 13.1. The molecule has 2 aromatic rings. The highest BCUT2D eigenvalue weighted by Crippen LogP contribution is 2.29. The third-order valence-corrected chi connectivity index (χ3v) is 5.49. The molecule has 0 bridgehead atoms. The Bertz CT molecular complexity index is 847. The van der Waals surface area contributed by atoms with E-state index in [4.69, 9.17) is 4.52 Å². The highest BCUT2D eigenvalue weighted by molar-refractivity contribution is 7.92. The highest BCUT2D eigenvalue weighted by Gasteiger charge is 2.30. The second-order valence-corrected chi connectivity index (χ2v) is 7.97. The summed E-state index contributed by atoms with van der Waals surface area (Å²) >= 11 is 0. The number of aromatic nitrogens is 1. The van der Waals surface area contributed by atoms with Crippen molar-refractivity contribution < 1.29 is 12.9 Å². The van der Waals surface area contributed by atoms with Crippen LogP contribution in [0.4, 0.5) is 5.69 Å². The molecule has 6 nitrogen and oxygen atoms in total. The van der Waals surface area contributed by atoms with Crippen LogP contribution >= 0.6 is 0 Å². The number of sulfonamides is 1. The average Bonchev–Trinajstić information content (AvgIpc) is 2.84. The van der Waals surface area contributed by atoms with Gasteiger partial charge >= 0.3 is 0 Å². The Morgan fingerprint density at radius 3 is 2.17 bits per heavy atom. The van der Waals surface area contributed by atoms with Crippen molar-refractivity contribution in [2.24, 2.45) is 0 Å². The predicted octanol–water partition coefficient (Wildman–Crippen LogP) is 2.96. The number of rotatable bonds is 5. The number of aryl methyl sites for hydroxylation is 3. The molecule has 130 valence electrons. The van der Waals surface area contributed by atoms with E-state index in [0.29, 0.717) is 11.4 Å². The van der Waals surface area contributed by atoms with Gasteiger partial charge in [0.2, 0.25) is 0 Å². The largest absolute Gasteiger partial charge is 0.383 e. The van der Waals surface area contributed by atoms with Crippen LogP contribution in [0.15, 0.2) is 33.8 Å². The van der Waals surface area contributed by atoms with Gasteiger partial charge in [-0.25, -0.2) is 8.42 Å². The molecule has 1 aromatic carbocycles. The molecule has 0 spiro atoms. The van der Waals surface area contributed by atoms with Gasteiger partial charge in [-0.15, -0.1) is 0 Å². The summed E-state index contributed by atoms with van der Waals surface area (Å²) in [6, 6.07) is 5.67. The summed E-state index contributed by atoms with van der Waals surface area (Å²) in [7, 11) is 1.44. The fraction of sp³-hybridized carbons (Fsp3) is 0.353. The van der Waals surface area contributed by atoms with Crippen molar-refractivity contribution in [1.82, 2.24) is 10.1 Å². The summed E-state index contributed by atoms with van der Waals surface area (Å²) in [5.41, 5.74) is 2.95. The standard InChI is InChI=1S/C17H23N3O3S/c1-12-9-13(2)11-15(10-12)20(6)24(21,22)17-14(3)18-23-16(17)7-8-19(4)5/h7-11H,1-6H3/b8-7+. The average molecular weight is 349 g/mol. The molecule has 0 N–H and O–H groups in total. The Morgan fingerprint density at radius 2 is 1.62 bits per heavy atom. The first-order valence-electron chi connectivity index (χ1n) is 7.51. The molecule has 0 fully saturated rings. The van der Waals surface area contributed by atoms with Crippen LogP contribution in [0, 0.1) is 20.8 Å². The van der Waals surface area contributed by atoms with E-state index in [0.717, 1.165) is 11.1 Å². The van der Waals surface area contributed by atoms with Crippen LogP contribution in [0.2, 0.25) is 0 Å². The lowest BCUT2D eigenvalue weighted by atomic mass is 10.1. The Hall–Kier alpha value is -2.28. The molecule has 1 aromatic heterocycles. The first-order chi connectivity index (χ1) is 11.1. The minimum Gasteiger partial charge on any atom is -0.383 e. The highest BCUT2D eigenvalue weighted by atomic mass is 32.2. The molecular formula is C17H23N3O3S. The van der Waals surface area contributed by atoms with Crippen LogP contribution in [0.3, 0.4) is 0 Å². The van der Waals surface area contributed by atoms with Crippen LogP contribution in [0.1, 0.15) is 22.6 Å². The van der Waals surface area contributed by atoms with Gasteiger partial charge in [-0.3, -0.25) is 4.31 Å². The van der Waals surface area contributed by atoms with Gasteiger partial charge in [-0.1, -0.05) is 11.2 Å². The van der Waals surface area contributed by atoms with E-state index in [2.05, 4.69) is 5.16 Å². The van der Waals surface area contributed by atoms with E-state index in [1.54, 1.807) is 24.1 Å². The van der Waals surface area contributed by atoms with Gasteiger partial charge in [0.25, 0.3) is 10.0 Å². The molecular weight excluding hydrogens is 326 g/mol. The molecule has 0 radical (unpaired) electrons. The van der Waals surface area contributed by atoms with E-state index in [1.807, 2.05) is 46.1 Å². The van der Waals surface area contributed by atoms with E-state index >= 15 is 0 Å². The Balaban J connectivity index is 2.52. The van der Waals surface area contributed by atoms with Crippen molar-refractivity contribution >= 4 is 21.8 Å². The van der Waals surface area contributed by atoms with Crippen molar-refractivity contribution in [2.75, 3.05) is 25.4 Å². The monoisotopic (exact) mass is 349 g/mol. The number of anilines is 1. The Labute approximate surface area is 143 Å². The molecule has 0 aliphatic carbocycles. The van der Waals surface area contributed by atoms with Gasteiger partial charge in [-0.2, -0.15) is 0 Å². The maximum absolute atomic E-state index is 13.1. The minimum atomic E-state index is -3.78. The molecule has 24 heavy (non-hydrogen) atoms. The first kappa shape index (κ1) is 18.1. The lowest BCUT2D eigenvalue weighted by Crippen LogP contribution is -2.27. The predicted molar refractivity (Wildman–Crippen MR) is 95.5 cm³/mol. The van der Waals surface area contributed by atoms with Crippen LogP contribution < -0.4 is 4.31 Å². The van der Waals surface area contributed by atoms with Gasteiger partial charge in [0.1, 0.15) is 5.69 Å². The maximum Gasteiger partial charge on any atom is 0.269 e. The molecule has 0 amide bonds. The third-order valence-electron chi connectivity index (χ3n) is 3.55. The van der Waals surface area contributed by atoms with Crippen molar-refractivity contribution in [1.29, 1.82) is 0 Å². The zero-order chi connectivity index (χ0) is 18.1. The van der Waals surface area contributed by atoms with Gasteiger partial charge in [0, 0.05) is 33.4 Å². The normalized spacial score (nSPS) is 11.9. The van der Waals surface area contributed by atoms with Crippen molar-refractivity contribution in [3.05, 3.63) is 47.0 Å². The summed E-state index contributed by atoms with van der Waals surface area (Å²) in [6.45, 7) is 5.50. The van der Waals surface area contributed by atoms with Crippen molar-refractivity contribution in [3.8, 4) is 0 Å². The third kappa shape index (κ3) is 3.62. The molecule has 0 saturated carbocycles. The molecule has 7 heteroatoms. The van der Waals surface area contributed by atoms with Crippen LogP contribution in [-0.2, 0) is 10.0 Å². The van der Waals surface area contributed by atoms with E-state index in [1.165, 1.54) is 11.4 Å². The number of hydrogen-bond donors (Lipinski definition) is 0. The first-order valence-corrected chi connectivity index (χ1v) is 8.95. The molecule has 2 rings (SSSR count). The quantitative estimate of drug-likeness (QED) is 0.830. The van der Waals surface area contributed by atoms with Crippen LogP contribution in [0.5, 0.6) is 0 Å². The topological polar surface area (TPSA) is 66.7 Å². The summed E-state index contributed by atoms with van der Waals surface area (Å²) in [4.78, 5) is 1.88. The molecule has 0 aliphatic heterocycles.